The zero-order valence-corrected chi connectivity index (χ0v) is 12.9. The summed E-state index contributed by atoms with van der Waals surface area (Å²) in [6, 6.07) is 4.02. The fraction of sp³-hybridized carbons (Fsp3) is 0.333. The number of hydrogen-bond acceptors (Lipinski definition) is 4. The van der Waals surface area contributed by atoms with E-state index in [-0.39, 0.29) is 0 Å². The molecule has 0 aliphatic rings. The van der Waals surface area contributed by atoms with Crippen molar-refractivity contribution in [2.75, 3.05) is 12.8 Å². The number of rotatable bonds is 2. The van der Waals surface area contributed by atoms with Crippen LogP contribution in [0.5, 0.6) is 5.75 Å². The fourth-order valence-electron chi connectivity index (χ4n) is 2.20. The number of nitrogens with two attached hydrogens (primary N) is 1. The fourth-order valence-corrected chi connectivity index (χ4v) is 2.20. The lowest BCUT2D eigenvalue weighted by molar-refractivity contribution is -0.134. The van der Waals surface area contributed by atoms with Gasteiger partial charge in [0.2, 0.25) is 0 Å². The summed E-state index contributed by atoms with van der Waals surface area (Å²) in [6.45, 7) is 7.14. The molecule has 6 heteroatoms. The van der Waals surface area contributed by atoms with E-state index in [9.17, 15) is 0 Å². The second-order valence-electron chi connectivity index (χ2n) is 4.75. The molecular weight excluding hydrogens is 270 g/mol. The highest BCUT2D eigenvalue weighted by atomic mass is 16.5. The van der Waals surface area contributed by atoms with Crippen LogP contribution in [0.1, 0.15) is 23.7 Å². The van der Waals surface area contributed by atoms with E-state index in [0.29, 0.717) is 5.82 Å². The van der Waals surface area contributed by atoms with E-state index < -0.39 is 5.97 Å². The van der Waals surface area contributed by atoms with Gasteiger partial charge in [0.25, 0.3) is 5.97 Å². The van der Waals surface area contributed by atoms with Crippen molar-refractivity contribution < 1.29 is 14.6 Å². The zero-order chi connectivity index (χ0) is 16.2. The summed E-state index contributed by atoms with van der Waals surface area (Å²) in [5.41, 5.74) is 11.2. The smallest absolute Gasteiger partial charge is 0.300 e. The van der Waals surface area contributed by atoms with Gasteiger partial charge in [-0.2, -0.15) is 5.10 Å². The number of methoxy groups -OCH3 is 1. The lowest BCUT2D eigenvalue weighted by Crippen LogP contribution is -1.95. The van der Waals surface area contributed by atoms with E-state index in [2.05, 4.69) is 24.0 Å². The molecule has 0 aliphatic carbocycles. The third-order valence-corrected chi connectivity index (χ3v) is 2.97. The highest BCUT2D eigenvalue weighted by Gasteiger charge is 2.15. The maximum atomic E-state index is 9.00. The maximum Gasteiger partial charge on any atom is 0.300 e. The van der Waals surface area contributed by atoms with Gasteiger partial charge in [-0.3, -0.25) is 9.89 Å². The molecule has 21 heavy (non-hydrogen) atoms. The number of nitrogens with zero attached hydrogens (tertiary/aromatic N) is 1. The van der Waals surface area contributed by atoms with Crippen molar-refractivity contribution in [3.05, 3.63) is 29.0 Å². The Balaban J connectivity index is 0.000000491. The van der Waals surface area contributed by atoms with Crippen LogP contribution in [-0.4, -0.2) is 28.4 Å². The number of aryl methyl sites for hydroxylation is 3. The Kier molecular flexibility index (Phi) is 5.35. The van der Waals surface area contributed by atoms with Gasteiger partial charge >= 0.3 is 0 Å². The van der Waals surface area contributed by atoms with Gasteiger partial charge in [-0.25, -0.2) is 0 Å². The van der Waals surface area contributed by atoms with E-state index in [4.69, 9.17) is 20.4 Å². The average Bonchev–Trinajstić information content (AvgIpc) is 2.69. The first kappa shape index (κ1) is 16.6. The van der Waals surface area contributed by atoms with Crippen molar-refractivity contribution >= 4 is 11.8 Å². The molecule has 6 nitrogen and oxygen atoms in total. The van der Waals surface area contributed by atoms with Crippen molar-refractivity contribution in [3.63, 3.8) is 0 Å². The molecule has 114 valence electrons. The maximum absolute atomic E-state index is 9.00. The van der Waals surface area contributed by atoms with E-state index in [1.54, 1.807) is 7.11 Å². The highest BCUT2D eigenvalue weighted by molar-refractivity contribution is 5.81. The number of ether oxygens (including phenoxy) is 1. The minimum absolute atomic E-state index is 0.610. The summed E-state index contributed by atoms with van der Waals surface area (Å²) in [5.74, 6) is 0.641. The van der Waals surface area contributed by atoms with Crippen molar-refractivity contribution in [2.24, 2.45) is 0 Å². The van der Waals surface area contributed by atoms with Gasteiger partial charge in [-0.1, -0.05) is 0 Å². The minimum atomic E-state index is -0.833. The molecule has 0 spiro atoms. The van der Waals surface area contributed by atoms with Crippen molar-refractivity contribution in [1.82, 2.24) is 10.2 Å². The van der Waals surface area contributed by atoms with Crippen LogP contribution in [-0.2, 0) is 4.79 Å². The molecular formula is C15H21N3O3. The lowest BCUT2D eigenvalue weighted by atomic mass is 9.95. The first-order valence-electron chi connectivity index (χ1n) is 6.43. The molecule has 0 bridgehead atoms. The van der Waals surface area contributed by atoms with Crippen LogP contribution in [0, 0.1) is 20.8 Å². The third kappa shape index (κ3) is 3.98. The number of carboxylic acids is 1. The molecule has 1 aromatic carbocycles. The molecule has 0 saturated heterocycles. The van der Waals surface area contributed by atoms with Crippen LogP contribution in [0.4, 0.5) is 5.82 Å². The number of carbonyl (C=O) groups is 1. The first-order chi connectivity index (χ1) is 9.77. The number of nitrogens with one attached hydrogen (secondary N) is 1. The summed E-state index contributed by atoms with van der Waals surface area (Å²) in [4.78, 5) is 9.00. The average molecular weight is 291 g/mol. The van der Waals surface area contributed by atoms with Crippen LogP contribution in [0.3, 0.4) is 0 Å². The molecule has 0 atom stereocenters. The normalized spacial score (nSPS) is 9.76. The van der Waals surface area contributed by atoms with Gasteiger partial charge in [0.05, 0.1) is 12.8 Å². The molecule has 1 heterocycles. The Morgan fingerprint density at radius 1 is 1.24 bits per heavy atom. The van der Waals surface area contributed by atoms with Gasteiger partial charge < -0.3 is 15.6 Å². The largest absolute Gasteiger partial charge is 0.497 e. The van der Waals surface area contributed by atoms with E-state index >= 15 is 0 Å². The summed E-state index contributed by atoms with van der Waals surface area (Å²) in [6.07, 6.45) is 0. The predicted molar refractivity (Wildman–Crippen MR) is 82.5 cm³/mol. The molecule has 0 amide bonds. The Bertz CT molecular complexity index is 601. The van der Waals surface area contributed by atoms with E-state index in [1.807, 2.05) is 19.1 Å². The number of aromatic nitrogens is 2. The van der Waals surface area contributed by atoms with E-state index in [1.165, 1.54) is 0 Å². The Morgan fingerprint density at radius 3 is 2.05 bits per heavy atom. The Morgan fingerprint density at radius 2 is 1.71 bits per heavy atom. The van der Waals surface area contributed by atoms with Crippen molar-refractivity contribution in [3.8, 4) is 16.9 Å². The van der Waals surface area contributed by atoms with Gasteiger partial charge in [-0.05, 0) is 49.6 Å². The van der Waals surface area contributed by atoms with Crippen LogP contribution in [0.2, 0.25) is 0 Å². The standard InChI is InChI=1S/C13H17N3O.C2H4O2/c1-7-5-10(17-4)6-8(2)11(7)12-9(3)15-16-13(12)14;1-2(3)4/h5-6H,1-4H3,(H3,14,15,16);1H3,(H,3,4). The monoisotopic (exact) mass is 291 g/mol. The number of anilines is 1. The molecule has 0 radical (unpaired) electrons. The number of benzene rings is 1. The van der Waals surface area contributed by atoms with Crippen molar-refractivity contribution in [2.45, 2.75) is 27.7 Å². The second-order valence-corrected chi connectivity index (χ2v) is 4.75. The summed E-state index contributed by atoms with van der Waals surface area (Å²) < 4.78 is 5.25. The van der Waals surface area contributed by atoms with Gasteiger partial charge in [0.15, 0.2) is 0 Å². The minimum Gasteiger partial charge on any atom is -0.497 e. The molecule has 4 N–H and O–H groups in total. The number of H-pyrrole nitrogens is 1. The molecule has 0 aliphatic heterocycles. The number of aromatic amines is 1. The highest BCUT2D eigenvalue weighted by Crippen LogP contribution is 2.35. The van der Waals surface area contributed by atoms with E-state index in [0.717, 1.165) is 40.6 Å². The number of hydrogen-bond donors (Lipinski definition) is 3. The molecule has 0 unspecified atom stereocenters. The first-order valence-corrected chi connectivity index (χ1v) is 6.43. The third-order valence-electron chi connectivity index (χ3n) is 2.97. The van der Waals surface area contributed by atoms with Crippen LogP contribution < -0.4 is 10.5 Å². The zero-order valence-electron chi connectivity index (χ0n) is 12.9. The molecule has 1 aromatic heterocycles. The number of aliphatic carboxylic acids is 1. The Labute approximate surface area is 123 Å². The van der Waals surface area contributed by atoms with Gasteiger partial charge in [0.1, 0.15) is 11.6 Å². The quantitative estimate of drug-likeness (QED) is 0.789. The van der Waals surface area contributed by atoms with Crippen LogP contribution in [0.25, 0.3) is 11.1 Å². The van der Waals surface area contributed by atoms with Crippen LogP contribution >= 0.6 is 0 Å². The molecule has 0 saturated carbocycles. The number of carboxylic acid groups (broad SMARTS) is 1. The topological polar surface area (TPSA) is 101 Å². The molecule has 0 fully saturated rings. The van der Waals surface area contributed by atoms with Gasteiger partial charge in [0, 0.05) is 12.5 Å². The predicted octanol–water partition coefficient (Wildman–Crippen LogP) is 2.68. The van der Waals surface area contributed by atoms with Gasteiger partial charge in [-0.15, -0.1) is 0 Å². The molecule has 2 rings (SSSR count). The SMILES string of the molecule is CC(=O)O.COc1cc(C)c(-c2c(C)n[nH]c2N)c(C)c1. The number of nitrogen functional groups attached to an aromatic ring is 1. The summed E-state index contributed by atoms with van der Waals surface area (Å²) in [5, 5.41) is 14.4. The van der Waals surface area contributed by atoms with Crippen LogP contribution in [0.15, 0.2) is 12.1 Å². The summed E-state index contributed by atoms with van der Waals surface area (Å²) >= 11 is 0. The summed E-state index contributed by atoms with van der Waals surface area (Å²) in [7, 11) is 1.67. The molecule has 2 aromatic rings. The Hall–Kier alpha value is -2.50. The lowest BCUT2D eigenvalue weighted by Gasteiger charge is -2.12. The second kappa shape index (κ2) is 6.78. The van der Waals surface area contributed by atoms with Crippen molar-refractivity contribution in [1.29, 1.82) is 0 Å².